The lowest BCUT2D eigenvalue weighted by molar-refractivity contribution is 0.598. The van der Waals surface area contributed by atoms with Crippen molar-refractivity contribution in [3.8, 4) is 0 Å². The number of aryl methyl sites for hydroxylation is 1. The zero-order chi connectivity index (χ0) is 11.6. The van der Waals surface area contributed by atoms with Crippen LogP contribution in [0.25, 0.3) is 0 Å². The minimum absolute atomic E-state index is 0.477. The van der Waals surface area contributed by atoms with Crippen molar-refractivity contribution in [1.82, 2.24) is 9.78 Å². The normalized spacial score (nSPS) is 14.7. The van der Waals surface area contributed by atoms with Gasteiger partial charge in [-0.2, -0.15) is 5.10 Å². The first-order valence-electron chi connectivity index (χ1n) is 5.52. The maximum absolute atomic E-state index is 6.37. The number of hydrogen-bond donors (Lipinski definition) is 1. The van der Waals surface area contributed by atoms with Gasteiger partial charge >= 0.3 is 0 Å². The second-order valence-electron chi connectivity index (χ2n) is 4.15. The van der Waals surface area contributed by atoms with E-state index in [1.54, 1.807) is 0 Å². The fourth-order valence-electron chi connectivity index (χ4n) is 1.76. The van der Waals surface area contributed by atoms with E-state index >= 15 is 0 Å². The summed E-state index contributed by atoms with van der Waals surface area (Å²) in [6.07, 6.45) is 3.85. The molecule has 1 atom stereocenters. The second kappa shape index (κ2) is 4.10. The fourth-order valence-corrected chi connectivity index (χ4v) is 1.76. The first kappa shape index (κ1) is 10.9. The third kappa shape index (κ3) is 1.86. The molecule has 0 radical (unpaired) electrons. The Hall–Kier alpha value is -1.61. The molecular weight excluding hydrogens is 198 g/mol. The smallest absolute Gasteiger partial charge is 0.0667 e. The number of hydrogen-bond acceptors (Lipinski definition) is 2. The van der Waals surface area contributed by atoms with Crippen molar-refractivity contribution in [3.05, 3.63) is 53.9 Å². The molecule has 16 heavy (non-hydrogen) atoms. The Balaban J connectivity index is 2.38. The Bertz CT molecular complexity index is 457. The van der Waals surface area contributed by atoms with Crippen LogP contribution in [0.15, 0.2) is 42.7 Å². The molecule has 0 amide bonds. The Morgan fingerprint density at radius 3 is 2.50 bits per heavy atom. The van der Waals surface area contributed by atoms with E-state index in [1.165, 1.54) is 0 Å². The summed E-state index contributed by atoms with van der Waals surface area (Å²) in [6, 6.07) is 10.1. The topological polar surface area (TPSA) is 43.8 Å². The van der Waals surface area contributed by atoms with Gasteiger partial charge in [0.1, 0.15) is 0 Å². The SMILES string of the molecule is CCn1cc(C(C)(N)c2ccccc2)cn1. The molecule has 1 heterocycles. The van der Waals surface area contributed by atoms with Crippen LogP contribution >= 0.6 is 0 Å². The lowest BCUT2D eigenvalue weighted by atomic mass is 9.88. The monoisotopic (exact) mass is 215 g/mol. The first-order valence-corrected chi connectivity index (χ1v) is 5.52. The minimum Gasteiger partial charge on any atom is -0.318 e. The van der Waals surface area contributed by atoms with Crippen LogP contribution in [-0.2, 0) is 12.1 Å². The van der Waals surface area contributed by atoms with Crippen LogP contribution in [0.4, 0.5) is 0 Å². The molecular formula is C13H17N3. The Morgan fingerprint density at radius 1 is 1.25 bits per heavy atom. The van der Waals surface area contributed by atoms with Gasteiger partial charge < -0.3 is 5.73 Å². The van der Waals surface area contributed by atoms with Crippen LogP contribution in [0.2, 0.25) is 0 Å². The van der Waals surface area contributed by atoms with Gasteiger partial charge in [-0.25, -0.2) is 0 Å². The Kier molecular flexibility index (Phi) is 2.79. The van der Waals surface area contributed by atoms with Crippen LogP contribution in [0.1, 0.15) is 25.0 Å². The van der Waals surface area contributed by atoms with E-state index in [0.29, 0.717) is 0 Å². The number of nitrogens with zero attached hydrogens (tertiary/aromatic N) is 2. The summed E-state index contributed by atoms with van der Waals surface area (Å²) >= 11 is 0. The van der Waals surface area contributed by atoms with Gasteiger partial charge in [0.25, 0.3) is 0 Å². The number of nitrogens with two attached hydrogens (primary N) is 1. The van der Waals surface area contributed by atoms with Gasteiger partial charge in [-0.3, -0.25) is 4.68 Å². The summed E-state index contributed by atoms with van der Waals surface area (Å²) in [4.78, 5) is 0. The van der Waals surface area contributed by atoms with Crippen molar-refractivity contribution >= 4 is 0 Å². The molecule has 0 aliphatic carbocycles. The van der Waals surface area contributed by atoms with Crippen LogP contribution in [0.3, 0.4) is 0 Å². The van der Waals surface area contributed by atoms with Crippen molar-refractivity contribution in [2.75, 3.05) is 0 Å². The highest BCUT2D eigenvalue weighted by atomic mass is 15.3. The summed E-state index contributed by atoms with van der Waals surface area (Å²) in [5.74, 6) is 0. The summed E-state index contributed by atoms with van der Waals surface area (Å²) in [5.41, 5.74) is 8.04. The van der Waals surface area contributed by atoms with Gasteiger partial charge in [-0.15, -0.1) is 0 Å². The fraction of sp³-hybridized carbons (Fsp3) is 0.308. The molecule has 3 heteroatoms. The van der Waals surface area contributed by atoms with Crippen LogP contribution < -0.4 is 5.73 Å². The van der Waals surface area contributed by atoms with Crippen LogP contribution in [-0.4, -0.2) is 9.78 Å². The van der Waals surface area contributed by atoms with E-state index in [9.17, 15) is 0 Å². The highest BCUT2D eigenvalue weighted by Gasteiger charge is 2.24. The zero-order valence-electron chi connectivity index (χ0n) is 9.72. The molecule has 1 unspecified atom stereocenters. The Morgan fingerprint density at radius 2 is 1.94 bits per heavy atom. The van der Waals surface area contributed by atoms with Gasteiger partial charge in [-0.1, -0.05) is 30.3 Å². The number of rotatable bonds is 3. The highest BCUT2D eigenvalue weighted by molar-refractivity contribution is 5.34. The molecule has 0 saturated carbocycles. The van der Waals surface area contributed by atoms with Crippen LogP contribution in [0, 0.1) is 0 Å². The van der Waals surface area contributed by atoms with E-state index in [1.807, 2.05) is 54.3 Å². The molecule has 0 spiro atoms. The summed E-state index contributed by atoms with van der Waals surface area (Å²) in [6.45, 7) is 4.94. The summed E-state index contributed by atoms with van der Waals surface area (Å²) < 4.78 is 1.89. The standard InChI is InChI=1S/C13H17N3/c1-3-16-10-12(9-15-16)13(2,14)11-7-5-4-6-8-11/h4-10H,3,14H2,1-2H3. The first-order chi connectivity index (χ1) is 7.64. The third-order valence-electron chi connectivity index (χ3n) is 2.93. The van der Waals surface area contributed by atoms with Crippen molar-refractivity contribution in [1.29, 1.82) is 0 Å². The molecule has 0 saturated heterocycles. The summed E-state index contributed by atoms with van der Waals surface area (Å²) in [7, 11) is 0. The third-order valence-corrected chi connectivity index (χ3v) is 2.93. The molecule has 3 nitrogen and oxygen atoms in total. The van der Waals surface area contributed by atoms with Crippen molar-refractivity contribution in [2.24, 2.45) is 5.73 Å². The van der Waals surface area contributed by atoms with Crippen molar-refractivity contribution in [2.45, 2.75) is 25.9 Å². The molecule has 0 aliphatic rings. The van der Waals surface area contributed by atoms with Gasteiger partial charge in [0.15, 0.2) is 0 Å². The maximum Gasteiger partial charge on any atom is 0.0667 e. The lowest BCUT2D eigenvalue weighted by Crippen LogP contribution is -2.33. The highest BCUT2D eigenvalue weighted by Crippen LogP contribution is 2.25. The molecule has 84 valence electrons. The van der Waals surface area contributed by atoms with E-state index in [2.05, 4.69) is 12.0 Å². The molecule has 2 N–H and O–H groups in total. The molecule has 1 aromatic carbocycles. The summed E-state index contributed by atoms with van der Waals surface area (Å²) in [5, 5.41) is 4.26. The zero-order valence-corrected chi connectivity index (χ0v) is 9.72. The van der Waals surface area contributed by atoms with Gasteiger partial charge in [0, 0.05) is 18.3 Å². The molecule has 0 fully saturated rings. The van der Waals surface area contributed by atoms with E-state index < -0.39 is 5.54 Å². The minimum atomic E-state index is -0.477. The molecule has 0 aliphatic heterocycles. The van der Waals surface area contributed by atoms with Gasteiger partial charge in [0.2, 0.25) is 0 Å². The average Bonchev–Trinajstić information content (AvgIpc) is 2.79. The number of benzene rings is 1. The largest absolute Gasteiger partial charge is 0.318 e. The molecule has 1 aromatic heterocycles. The van der Waals surface area contributed by atoms with Crippen LogP contribution in [0.5, 0.6) is 0 Å². The van der Waals surface area contributed by atoms with Crippen molar-refractivity contribution < 1.29 is 0 Å². The predicted molar refractivity (Wildman–Crippen MR) is 65.0 cm³/mol. The van der Waals surface area contributed by atoms with Gasteiger partial charge in [0.05, 0.1) is 11.7 Å². The Labute approximate surface area is 95.9 Å². The van der Waals surface area contributed by atoms with E-state index in [0.717, 1.165) is 17.7 Å². The quantitative estimate of drug-likeness (QED) is 0.852. The average molecular weight is 215 g/mol. The molecule has 2 aromatic rings. The lowest BCUT2D eigenvalue weighted by Gasteiger charge is -2.23. The van der Waals surface area contributed by atoms with E-state index in [4.69, 9.17) is 5.73 Å². The maximum atomic E-state index is 6.37. The van der Waals surface area contributed by atoms with Gasteiger partial charge in [-0.05, 0) is 19.4 Å². The molecule has 2 rings (SSSR count). The number of aromatic nitrogens is 2. The van der Waals surface area contributed by atoms with Crippen molar-refractivity contribution in [3.63, 3.8) is 0 Å². The predicted octanol–water partition coefficient (Wildman–Crippen LogP) is 2.13. The molecule has 0 bridgehead atoms. The van der Waals surface area contributed by atoms with E-state index in [-0.39, 0.29) is 0 Å². The second-order valence-corrected chi connectivity index (χ2v) is 4.15.